The van der Waals surface area contributed by atoms with E-state index in [4.69, 9.17) is 0 Å². The van der Waals surface area contributed by atoms with Crippen LogP contribution >= 0.6 is 31.9 Å². The Hall–Kier alpha value is 0.0400. The highest BCUT2D eigenvalue weighted by Gasteiger charge is 1.92. The molecular formula is C6H6Br2N2. The number of halogens is 2. The van der Waals surface area contributed by atoms with Gasteiger partial charge in [0.1, 0.15) is 4.60 Å². The highest BCUT2D eigenvalue weighted by molar-refractivity contribution is 9.10. The van der Waals surface area contributed by atoms with Gasteiger partial charge in [0.25, 0.3) is 0 Å². The van der Waals surface area contributed by atoms with Gasteiger partial charge in [-0.3, -0.25) is 0 Å². The van der Waals surface area contributed by atoms with Crippen LogP contribution < -0.4 is 0 Å². The fourth-order valence-corrected chi connectivity index (χ4v) is 1.19. The lowest BCUT2D eigenvalue weighted by Crippen LogP contribution is -1.92. The van der Waals surface area contributed by atoms with E-state index in [0.717, 1.165) is 22.0 Å². The molecule has 1 aromatic rings. The van der Waals surface area contributed by atoms with Gasteiger partial charge in [0.05, 0.1) is 5.69 Å². The van der Waals surface area contributed by atoms with Crippen LogP contribution in [0.25, 0.3) is 0 Å². The molecule has 54 valence electrons. The Morgan fingerprint density at radius 2 is 2.10 bits per heavy atom. The number of aromatic nitrogens is 2. The molecule has 0 atom stereocenters. The molecule has 0 amide bonds. The van der Waals surface area contributed by atoms with Gasteiger partial charge in [-0.25, -0.2) is 0 Å². The van der Waals surface area contributed by atoms with E-state index in [1.54, 1.807) is 0 Å². The first-order valence-corrected chi connectivity index (χ1v) is 4.78. The van der Waals surface area contributed by atoms with E-state index < -0.39 is 0 Å². The van der Waals surface area contributed by atoms with Crippen molar-refractivity contribution in [3.8, 4) is 0 Å². The summed E-state index contributed by atoms with van der Waals surface area (Å²) in [5.74, 6) is 0. The predicted octanol–water partition coefficient (Wildman–Crippen LogP) is 2.18. The van der Waals surface area contributed by atoms with E-state index in [9.17, 15) is 0 Å². The minimum Gasteiger partial charge on any atom is -0.155 e. The van der Waals surface area contributed by atoms with Crippen molar-refractivity contribution in [2.75, 3.05) is 5.33 Å². The van der Waals surface area contributed by atoms with Crippen molar-refractivity contribution in [2.45, 2.75) is 6.42 Å². The van der Waals surface area contributed by atoms with Crippen molar-refractivity contribution in [1.29, 1.82) is 0 Å². The van der Waals surface area contributed by atoms with E-state index in [-0.39, 0.29) is 0 Å². The molecule has 1 heterocycles. The average Bonchev–Trinajstić information content (AvgIpc) is 1.95. The first-order valence-electron chi connectivity index (χ1n) is 2.87. The number of rotatable bonds is 2. The predicted molar refractivity (Wildman–Crippen MR) is 47.2 cm³/mol. The zero-order chi connectivity index (χ0) is 7.40. The Morgan fingerprint density at radius 1 is 1.30 bits per heavy atom. The lowest BCUT2D eigenvalue weighted by Gasteiger charge is -1.93. The Balaban J connectivity index is 2.69. The number of aryl methyl sites for hydroxylation is 1. The molecule has 1 aromatic heterocycles. The molecule has 10 heavy (non-hydrogen) atoms. The summed E-state index contributed by atoms with van der Waals surface area (Å²) in [7, 11) is 0. The van der Waals surface area contributed by atoms with E-state index in [2.05, 4.69) is 42.1 Å². The summed E-state index contributed by atoms with van der Waals surface area (Å²) in [6.45, 7) is 0. The summed E-state index contributed by atoms with van der Waals surface area (Å²) >= 11 is 6.54. The monoisotopic (exact) mass is 264 g/mol. The summed E-state index contributed by atoms with van der Waals surface area (Å²) in [6, 6.07) is 3.85. The van der Waals surface area contributed by atoms with Gasteiger partial charge < -0.3 is 0 Å². The molecule has 4 heteroatoms. The maximum absolute atomic E-state index is 3.94. The van der Waals surface area contributed by atoms with Gasteiger partial charge in [-0.15, -0.1) is 5.10 Å². The largest absolute Gasteiger partial charge is 0.155 e. The zero-order valence-electron chi connectivity index (χ0n) is 5.22. The molecule has 0 spiro atoms. The second-order valence-electron chi connectivity index (χ2n) is 1.79. The van der Waals surface area contributed by atoms with Gasteiger partial charge in [0, 0.05) is 11.8 Å². The van der Waals surface area contributed by atoms with Crippen molar-refractivity contribution in [2.24, 2.45) is 0 Å². The zero-order valence-corrected chi connectivity index (χ0v) is 8.39. The molecule has 0 aliphatic rings. The van der Waals surface area contributed by atoms with Crippen molar-refractivity contribution < 1.29 is 0 Å². The second-order valence-corrected chi connectivity index (χ2v) is 3.39. The summed E-state index contributed by atoms with van der Waals surface area (Å²) < 4.78 is 0.783. The van der Waals surface area contributed by atoms with Crippen LogP contribution in [0.1, 0.15) is 5.69 Å². The smallest absolute Gasteiger partial charge is 0.128 e. The molecule has 0 bridgehead atoms. The summed E-state index contributed by atoms with van der Waals surface area (Å²) in [5, 5.41) is 8.72. The molecule has 0 radical (unpaired) electrons. The normalized spacial score (nSPS) is 9.80. The molecule has 0 aliphatic carbocycles. The quantitative estimate of drug-likeness (QED) is 0.766. The minimum atomic E-state index is 0.783. The van der Waals surface area contributed by atoms with Crippen LogP contribution in [0.4, 0.5) is 0 Å². The van der Waals surface area contributed by atoms with E-state index in [1.165, 1.54) is 0 Å². The lowest BCUT2D eigenvalue weighted by atomic mass is 10.3. The van der Waals surface area contributed by atoms with Gasteiger partial charge in [-0.1, -0.05) is 15.9 Å². The fourth-order valence-electron chi connectivity index (χ4n) is 0.574. The average molecular weight is 266 g/mol. The van der Waals surface area contributed by atoms with Crippen molar-refractivity contribution in [1.82, 2.24) is 10.2 Å². The molecule has 0 aromatic carbocycles. The van der Waals surface area contributed by atoms with Crippen LogP contribution in [0, 0.1) is 0 Å². The Morgan fingerprint density at radius 3 is 2.60 bits per heavy atom. The van der Waals surface area contributed by atoms with E-state index >= 15 is 0 Å². The molecule has 1 rings (SSSR count). The van der Waals surface area contributed by atoms with Crippen LogP contribution in [-0.4, -0.2) is 15.5 Å². The van der Waals surface area contributed by atoms with Crippen LogP contribution in [0.3, 0.4) is 0 Å². The van der Waals surface area contributed by atoms with Crippen molar-refractivity contribution >= 4 is 31.9 Å². The topological polar surface area (TPSA) is 25.8 Å². The highest BCUT2D eigenvalue weighted by Crippen LogP contribution is 2.04. The van der Waals surface area contributed by atoms with Gasteiger partial charge in [-0.05, 0) is 28.1 Å². The molecule has 0 unspecified atom stereocenters. The first kappa shape index (κ1) is 8.14. The van der Waals surface area contributed by atoms with E-state index in [0.29, 0.717) is 0 Å². The third-order valence-electron chi connectivity index (χ3n) is 1.04. The molecular weight excluding hydrogens is 260 g/mol. The fraction of sp³-hybridized carbons (Fsp3) is 0.333. The maximum atomic E-state index is 3.94. The van der Waals surface area contributed by atoms with Crippen LogP contribution in [-0.2, 0) is 6.42 Å². The standard InChI is InChI=1S/C6H6Br2N2/c7-4-3-5-1-2-6(8)10-9-5/h1-2H,3-4H2. The molecule has 0 saturated heterocycles. The molecule has 0 aliphatic heterocycles. The number of hydrogen-bond donors (Lipinski definition) is 0. The Labute approximate surface area is 76.3 Å². The van der Waals surface area contributed by atoms with E-state index in [1.807, 2.05) is 12.1 Å². The Kier molecular flexibility index (Phi) is 3.28. The first-order chi connectivity index (χ1) is 4.83. The number of nitrogens with zero attached hydrogens (tertiary/aromatic N) is 2. The van der Waals surface area contributed by atoms with Crippen LogP contribution in [0.2, 0.25) is 0 Å². The molecule has 0 fully saturated rings. The molecule has 0 N–H and O–H groups in total. The highest BCUT2D eigenvalue weighted by atomic mass is 79.9. The molecule has 0 saturated carbocycles. The third kappa shape index (κ3) is 2.34. The van der Waals surface area contributed by atoms with Crippen LogP contribution in [0.15, 0.2) is 16.7 Å². The van der Waals surface area contributed by atoms with Gasteiger partial charge in [-0.2, -0.15) is 5.10 Å². The maximum Gasteiger partial charge on any atom is 0.128 e. The lowest BCUT2D eigenvalue weighted by molar-refractivity contribution is 0.911. The summed E-state index contributed by atoms with van der Waals surface area (Å²) in [5.41, 5.74) is 1.01. The number of alkyl halides is 1. The SMILES string of the molecule is BrCCc1ccc(Br)nn1. The minimum absolute atomic E-state index is 0.783. The van der Waals surface area contributed by atoms with Crippen molar-refractivity contribution in [3.05, 3.63) is 22.4 Å². The van der Waals surface area contributed by atoms with Crippen LogP contribution in [0.5, 0.6) is 0 Å². The molecule has 2 nitrogen and oxygen atoms in total. The Bertz CT molecular complexity index is 197. The summed E-state index contributed by atoms with van der Waals surface area (Å²) in [4.78, 5) is 0. The van der Waals surface area contributed by atoms with Gasteiger partial charge >= 0.3 is 0 Å². The number of hydrogen-bond acceptors (Lipinski definition) is 2. The summed E-state index contributed by atoms with van der Waals surface area (Å²) in [6.07, 6.45) is 0.931. The van der Waals surface area contributed by atoms with Crippen molar-refractivity contribution in [3.63, 3.8) is 0 Å². The van der Waals surface area contributed by atoms with Gasteiger partial charge in [0.15, 0.2) is 0 Å². The van der Waals surface area contributed by atoms with Gasteiger partial charge in [0.2, 0.25) is 0 Å². The second kappa shape index (κ2) is 4.03. The third-order valence-corrected chi connectivity index (χ3v) is 1.86.